The molecular formula is C24H29Cl2N3O3S. The van der Waals surface area contributed by atoms with Crippen LogP contribution >= 0.6 is 23.2 Å². The van der Waals surface area contributed by atoms with Crippen molar-refractivity contribution in [1.29, 1.82) is 0 Å². The molecule has 4 rings (SSSR count). The zero-order valence-corrected chi connectivity index (χ0v) is 21.4. The monoisotopic (exact) mass is 509 g/mol. The minimum atomic E-state index is -1.47. The molecule has 0 saturated carbocycles. The molecule has 0 spiro atoms. The summed E-state index contributed by atoms with van der Waals surface area (Å²) in [6.45, 7) is 4.28. The van der Waals surface area contributed by atoms with Crippen LogP contribution in [0.5, 0.6) is 0 Å². The molecule has 1 aliphatic rings. The summed E-state index contributed by atoms with van der Waals surface area (Å²) in [5.41, 5.74) is 2.48. The van der Waals surface area contributed by atoms with Crippen molar-refractivity contribution in [3.05, 3.63) is 58.2 Å². The Balaban J connectivity index is 0.00000149. The van der Waals surface area contributed by atoms with Crippen LogP contribution in [-0.4, -0.2) is 51.4 Å². The van der Waals surface area contributed by atoms with E-state index in [0.717, 1.165) is 61.6 Å². The van der Waals surface area contributed by atoms with E-state index in [1.54, 1.807) is 18.2 Å². The first-order valence-corrected chi connectivity index (χ1v) is 12.7. The second kappa shape index (κ2) is 11.4. The molecule has 0 radical (unpaired) electrons. The first kappa shape index (κ1) is 25.6. The number of hydrogen-bond acceptors (Lipinski definition) is 3. The van der Waals surface area contributed by atoms with Crippen molar-refractivity contribution in [2.24, 2.45) is 7.05 Å². The Morgan fingerprint density at radius 1 is 1.09 bits per heavy atom. The average Bonchev–Trinajstić information content (AvgIpc) is 3.46. The van der Waals surface area contributed by atoms with Crippen LogP contribution in [0.2, 0.25) is 10.0 Å². The van der Waals surface area contributed by atoms with Gasteiger partial charge in [-0.3, -0.25) is 9.10 Å². The number of aliphatic hydroxyl groups is 1. The molecule has 2 heterocycles. The van der Waals surface area contributed by atoms with Crippen LogP contribution in [0.15, 0.2) is 47.5 Å². The van der Waals surface area contributed by atoms with E-state index in [1.807, 2.05) is 52.1 Å². The van der Waals surface area contributed by atoms with Gasteiger partial charge in [-0.2, -0.15) is 0 Å². The van der Waals surface area contributed by atoms with Crippen molar-refractivity contribution in [2.75, 3.05) is 31.0 Å². The van der Waals surface area contributed by atoms with Crippen molar-refractivity contribution in [2.45, 2.75) is 31.1 Å². The Labute approximate surface area is 207 Å². The highest BCUT2D eigenvalue weighted by atomic mass is 35.5. The summed E-state index contributed by atoms with van der Waals surface area (Å²) in [5, 5.41) is 8.82. The number of aromatic nitrogens is 1. The van der Waals surface area contributed by atoms with E-state index in [0.29, 0.717) is 21.5 Å². The number of anilines is 1. The Morgan fingerprint density at radius 2 is 1.73 bits per heavy atom. The molecule has 0 bridgehead atoms. The maximum Gasteiger partial charge on any atom is 0.256 e. The predicted octanol–water partition coefficient (Wildman–Crippen LogP) is 5.27. The number of aliphatic hydroxyl groups excluding tert-OH is 1. The molecule has 1 amide bonds. The number of likely N-dealkylation sites (tertiary alicyclic amines) is 1. The van der Waals surface area contributed by atoms with E-state index in [-0.39, 0.29) is 5.91 Å². The summed E-state index contributed by atoms with van der Waals surface area (Å²) >= 11 is 12.3. The number of carbonyl (C=O) groups is 1. The number of rotatable bonds is 6. The number of aryl methyl sites for hydroxylation is 1. The lowest BCUT2D eigenvalue weighted by Gasteiger charge is -2.23. The van der Waals surface area contributed by atoms with Gasteiger partial charge in [0.2, 0.25) is 0 Å². The van der Waals surface area contributed by atoms with E-state index in [9.17, 15) is 9.00 Å². The molecule has 1 aromatic heterocycles. The van der Waals surface area contributed by atoms with Gasteiger partial charge in [0.05, 0.1) is 21.7 Å². The summed E-state index contributed by atoms with van der Waals surface area (Å²) in [6, 6.07) is 10.9. The van der Waals surface area contributed by atoms with Gasteiger partial charge in [-0.25, -0.2) is 4.21 Å². The highest BCUT2D eigenvalue weighted by Gasteiger charge is 2.24. The average molecular weight is 510 g/mol. The van der Waals surface area contributed by atoms with Crippen molar-refractivity contribution in [3.8, 4) is 0 Å². The van der Waals surface area contributed by atoms with Gasteiger partial charge in [-0.15, -0.1) is 0 Å². The third-order valence-electron chi connectivity index (χ3n) is 5.55. The summed E-state index contributed by atoms with van der Waals surface area (Å²) < 4.78 is 17.2. The molecule has 33 heavy (non-hydrogen) atoms. The third kappa shape index (κ3) is 5.54. The van der Waals surface area contributed by atoms with Gasteiger partial charge in [-0.1, -0.05) is 30.1 Å². The van der Waals surface area contributed by atoms with Crippen molar-refractivity contribution in [3.63, 3.8) is 0 Å². The minimum Gasteiger partial charge on any atom is -0.400 e. The lowest BCUT2D eigenvalue weighted by Crippen LogP contribution is -2.27. The normalized spacial score (nSPS) is 14.2. The van der Waals surface area contributed by atoms with Gasteiger partial charge in [0, 0.05) is 55.4 Å². The van der Waals surface area contributed by atoms with Gasteiger partial charge in [0.15, 0.2) is 11.0 Å². The third-order valence-corrected chi connectivity index (χ3v) is 7.42. The zero-order valence-electron chi connectivity index (χ0n) is 19.1. The lowest BCUT2D eigenvalue weighted by molar-refractivity contribution is 0.0794. The smallest absolute Gasteiger partial charge is 0.256 e. The van der Waals surface area contributed by atoms with Crippen LogP contribution in [0.3, 0.4) is 0 Å². The van der Waals surface area contributed by atoms with E-state index in [2.05, 4.69) is 0 Å². The Morgan fingerprint density at radius 3 is 2.33 bits per heavy atom. The molecule has 1 saturated heterocycles. The van der Waals surface area contributed by atoms with Crippen LogP contribution < -0.4 is 4.31 Å². The van der Waals surface area contributed by atoms with Crippen LogP contribution in [0, 0.1) is 0 Å². The second-order valence-electron chi connectivity index (χ2n) is 7.81. The number of amides is 1. The maximum absolute atomic E-state index is 13.4. The van der Waals surface area contributed by atoms with E-state index in [4.69, 9.17) is 28.3 Å². The summed E-state index contributed by atoms with van der Waals surface area (Å²) in [5.74, 6) is 0.0819. The van der Waals surface area contributed by atoms with Gasteiger partial charge in [-0.05, 0) is 55.7 Å². The molecule has 1 fully saturated rings. The number of nitrogens with zero attached hydrogens (tertiary/aromatic N) is 3. The highest BCUT2D eigenvalue weighted by molar-refractivity contribution is 7.86. The SMILES string of the molecule is CCCN(c1ccc2c(C(=O)N3CCCC3)cn(C)c2c1)S(=O)c1cc(Cl)cc(Cl)c1.CO. The fourth-order valence-electron chi connectivity index (χ4n) is 4.06. The molecule has 1 unspecified atom stereocenters. The van der Waals surface area contributed by atoms with Crippen LogP contribution in [0.1, 0.15) is 36.5 Å². The second-order valence-corrected chi connectivity index (χ2v) is 10.1. The zero-order chi connectivity index (χ0) is 24.1. The molecule has 1 N–H and O–H groups in total. The molecular weight excluding hydrogens is 481 g/mol. The quantitative estimate of drug-likeness (QED) is 0.492. The molecule has 6 nitrogen and oxygen atoms in total. The summed E-state index contributed by atoms with van der Waals surface area (Å²) in [4.78, 5) is 15.5. The van der Waals surface area contributed by atoms with Gasteiger partial charge in [0.1, 0.15) is 0 Å². The predicted molar refractivity (Wildman–Crippen MR) is 137 cm³/mol. The molecule has 0 aliphatic carbocycles. The number of benzene rings is 2. The number of fused-ring (bicyclic) bond motifs is 1. The highest BCUT2D eigenvalue weighted by Crippen LogP contribution is 2.31. The first-order valence-electron chi connectivity index (χ1n) is 10.9. The fraction of sp³-hybridized carbons (Fsp3) is 0.375. The van der Waals surface area contributed by atoms with Crippen molar-refractivity contribution in [1.82, 2.24) is 9.47 Å². The largest absolute Gasteiger partial charge is 0.400 e. The van der Waals surface area contributed by atoms with Crippen molar-refractivity contribution < 1.29 is 14.1 Å². The molecule has 2 aromatic carbocycles. The van der Waals surface area contributed by atoms with Crippen molar-refractivity contribution >= 4 is 56.7 Å². The number of carbonyl (C=O) groups excluding carboxylic acids is 1. The molecule has 178 valence electrons. The Kier molecular flexibility index (Phi) is 8.82. The van der Waals surface area contributed by atoms with Crippen LogP contribution in [0.25, 0.3) is 10.9 Å². The molecule has 3 aromatic rings. The number of hydrogen-bond donors (Lipinski definition) is 1. The molecule has 9 heteroatoms. The standard InChI is InChI=1S/C23H25Cl2N3O2S.CH4O/c1-3-8-28(31(30)19-12-16(24)11-17(25)13-19)18-6-7-20-21(15-26(2)22(20)14-18)23(29)27-9-4-5-10-27;1-2/h6-7,11-15H,3-5,8-10H2,1-2H3;2H,1H3. The summed E-state index contributed by atoms with van der Waals surface area (Å²) in [7, 11) is 1.47. The number of halogens is 2. The van der Waals surface area contributed by atoms with E-state index < -0.39 is 11.0 Å². The molecule has 1 atom stereocenters. The van der Waals surface area contributed by atoms with Gasteiger partial charge < -0.3 is 14.6 Å². The van der Waals surface area contributed by atoms with E-state index in [1.165, 1.54) is 0 Å². The Bertz CT molecular complexity index is 1140. The van der Waals surface area contributed by atoms with Crippen LogP contribution in [-0.2, 0) is 18.0 Å². The lowest BCUT2D eigenvalue weighted by atomic mass is 10.1. The van der Waals surface area contributed by atoms with Crippen LogP contribution in [0.4, 0.5) is 5.69 Å². The van der Waals surface area contributed by atoms with Gasteiger partial charge >= 0.3 is 0 Å². The minimum absolute atomic E-state index is 0.0819. The topological polar surface area (TPSA) is 65.8 Å². The van der Waals surface area contributed by atoms with E-state index >= 15 is 0 Å². The van der Waals surface area contributed by atoms with Gasteiger partial charge in [0.25, 0.3) is 5.91 Å². The fourth-order valence-corrected chi connectivity index (χ4v) is 6.07. The maximum atomic E-state index is 13.4. The Hall–Kier alpha value is -2.06. The molecule has 1 aliphatic heterocycles. The first-order chi connectivity index (χ1) is 15.9. The summed E-state index contributed by atoms with van der Waals surface area (Å²) in [6.07, 6.45) is 4.84.